The molecule has 2 aromatic carbocycles. The Balaban J connectivity index is 2.45. The van der Waals surface area contributed by atoms with Gasteiger partial charge in [0.1, 0.15) is 5.82 Å². The summed E-state index contributed by atoms with van der Waals surface area (Å²) in [6.07, 6.45) is 0. The number of benzene rings is 2. The maximum Gasteiger partial charge on any atom is 0.221 e. The fourth-order valence-electron chi connectivity index (χ4n) is 1.67. The van der Waals surface area contributed by atoms with Crippen LogP contribution in [0.25, 0.3) is 11.1 Å². The quantitative estimate of drug-likeness (QED) is 0.863. The van der Waals surface area contributed by atoms with Gasteiger partial charge in [-0.25, -0.2) is 8.78 Å². The van der Waals surface area contributed by atoms with Crippen LogP contribution in [0.15, 0.2) is 42.5 Å². The largest absolute Gasteiger partial charge is 0.324 e. The highest BCUT2D eigenvalue weighted by molar-refractivity contribution is 5.89. The SMILES string of the molecule is CC(=O)Nc1cccc(-c2ccc(F)cc2)c1F. The molecule has 92 valence electrons. The highest BCUT2D eigenvalue weighted by Crippen LogP contribution is 2.27. The van der Waals surface area contributed by atoms with E-state index in [4.69, 9.17) is 0 Å². The van der Waals surface area contributed by atoms with E-state index in [9.17, 15) is 13.6 Å². The van der Waals surface area contributed by atoms with Crippen LogP contribution in [0, 0.1) is 11.6 Å². The molecule has 0 saturated heterocycles. The van der Waals surface area contributed by atoms with Crippen LogP contribution in [0.1, 0.15) is 6.92 Å². The molecular formula is C14H11F2NO. The summed E-state index contributed by atoms with van der Waals surface area (Å²) in [5, 5.41) is 2.41. The highest BCUT2D eigenvalue weighted by atomic mass is 19.1. The Hall–Kier alpha value is -2.23. The predicted octanol–water partition coefficient (Wildman–Crippen LogP) is 3.59. The maximum absolute atomic E-state index is 14.1. The van der Waals surface area contributed by atoms with Crippen molar-refractivity contribution in [2.75, 3.05) is 5.32 Å². The second-order valence-corrected chi connectivity index (χ2v) is 3.86. The Morgan fingerprint density at radius 1 is 1.06 bits per heavy atom. The summed E-state index contributed by atoms with van der Waals surface area (Å²) >= 11 is 0. The Labute approximate surface area is 103 Å². The van der Waals surface area contributed by atoms with E-state index in [-0.39, 0.29) is 17.4 Å². The summed E-state index contributed by atoms with van der Waals surface area (Å²) < 4.78 is 26.9. The second-order valence-electron chi connectivity index (χ2n) is 3.86. The molecule has 4 heteroatoms. The maximum atomic E-state index is 14.1. The minimum atomic E-state index is -0.528. The van der Waals surface area contributed by atoms with Gasteiger partial charge in [-0.05, 0) is 23.8 Å². The lowest BCUT2D eigenvalue weighted by atomic mass is 10.0. The molecule has 0 spiro atoms. The van der Waals surface area contributed by atoms with Crippen LogP contribution < -0.4 is 5.32 Å². The molecule has 0 radical (unpaired) electrons. The predicted molar refractivity (Wildman–Crippen MR) is 66.1 cm³/mol. The van der Waals surface area contributed by atoms with Crippen LogP contribution in [0.3, 0.4) is 0 Å². The zero-order valence-electron chi connectivity index (χ0n) is 9.71. The molecule has 0 aliphatic heterocycles. The van der Waals surface area contributed by atoms with E-state index in [2.05, 4.69) is 5.32 Å². The number of hydrogen-bond donors (Lipinski definition) is 1. The fraction of sp³-hybridized carbons (Fsp3) is 0.0714. The Kier molecular flexibility index (Phi) is 3.37. The molecule has 2 aromatic rings. The molecule has 0 fully saturated rings. The van der Waals surface area contributed by atoms with E-state index in [1.165, 1.54) is 37.3 Å². The molecule has 1 amide bonds. The van der Waals surface area contributed by atoms with Gasteiger partial charge in [-0.2, -0.15) is 0 Å². The molecule has 0 aliphatic rings. The molecule has 0 aromatic heterocycles. The molecule has 0 saturated carbocycles. The first-order valence-electron chi connectivity index (χ1n) is 5.40. The van der Waals surface area contributed by atoms with E-state index >= 15 is 0 Å². The monoisotopic (exact) mass is 247 g/mol. The lowest BCUT2D eigenvalue weighted by Crippen LogP contribution is -2.07. The first-order chi connectivity index (χ1) is 8.58. The summed E-state index contributed by atoms with van der Waals surface area (Å²) in [6, 6.07) is 10.2. The van der Waals surface area contributed by atoms with E-state index < -0.39 is 5.82 Å². The van der Waals surface area contributed by atoms with Gasteiger partial charge < -0.3 is 5.32 Å². The number of halogens is 2. The summed E-state index contributed by atoms with van der Waals surface area (Å²) in [7, 11) is 0. The minimum absolute atomic E-state index is 0.115. The van der Waals surface area contributed by atoms with Crippen molar-refractivity contribution in [2.24, 2.45) is 0 Å². The number of rotatable bonds is 2. The van der Waals surface area contributed by atoms with E-state index in [0.717, 1.165) is 0 Å². The molecular weight excluding hydrogens is 236 g/mol. The van der Waals surface area contributed by atoms with Crippen molar-refractivity contribution in [3.63, 3.8) is 0 Å². The van der Waals surface area contributed by atoms with Crippen molar-refractivity contribution < 1.29 is 13.6 Å². The van der Waals surface area contributed by atoms with Gasteiger partial charge in [-0.1, -0.05) is 24.3 Å². The van der Waals surface area contributed by atoms with Gasteiger partial charge in [0.05, 0.1) is 5.69 Å². The molecule has 18 heavy (non-hydrogen) atoms. The van der Waals surface area contributed by atoms with Crippen molar-refractivity contribution in [1.82, 2.24) is 0 Å². The average Bonchev–Trinajstić information content (AvgIpc) is 2.33. The summed E-state index contributed by atoms with van der Waals surface area (Å²) in [5.41, 5.74) is 0.992. The molecule has 2 nitrogen and oxygen atoms in total. The molecule has 0 bridgehead atoms. The van der Waals surface area contributed by atoms with Gasteiger partial charge >= 0.3 is 0 Å². The van der Waals surface area contributed by atoms with Gasteiger partial charge in [0.2, 0.25) is 5.91 Å². The van der Waals surface area contributed by atoms with Crippen molar-refractivity contribution >= 4 is 11.6 Å². The van der Waals surface area contributed by atoms with Crippen LogP contribution in [0.4, 0.5) is 14.5 Å². The smallest absolute Gasteiger partial charge is 0.221 e. The highest BCUT2D eigenvalue weighted by Gasteiger charge is 2.10. The van der Waals surface area contributed by atoms with Crippen molar-refractivity contribution in [2.45, 2.75) is 6.92 Å². The standard InChI is InChI=1S/C14H11F2NO/c1-9(18)17-13-4-2-3-12(14(13)16)10-5-7-11(15)8-6-10/h2-8H,1H3,(H,17,18). The van der Waals surface area contributed by atoms with Crippen LogP contribution in [0.5, 0.6) is 0 Å². The lowest BCUT2D eigenvalue weighted by Gasteiger charge is -2.08. The normalized spacial score (nSPS) is 10.2. The average molecular weight is 247 g/mol. The number of amides is 1. The Morgan fingerprint density at radius 2 is 1.72 bits per heavy atom. The van der Waals surface area contributed by atoms with Crippen LogP contribution in [0.2, 0.25) is 0 Å². The third-order valence-electron chi connectivity index (χ3n) is 2.46. The Bertz CT molecular complexity index is 579. The number of anilines is 1. The number of carbonyl (C=O) groups is 1. The molecule has 1 N–H and O–H groups in total. The number of hydrogen-bond acceptors (Lipinski definition) is 1. The van der Waals surface area contributed by atoms with E-state index in [1.54, 1.807) is 12.1 Å². The minimum Gasteiger partial charge on any atom is -0.324 e. The second kappa shape index (κ2) is 4.96. The van der Waals surface area contributed by atoms with Crippen molar-refractivity contribution in [3.8, 4) is 11.1 Å². The molecule has 0 atom stereocenters. The van der Waals surface area contributed by atoms with Crippen LogP contribution in [-0.2, 0) is 4.79 Å². The molecule has 0 unspecified atom stereocenters. The van der Waals surface area contributed by atoms with Crippen LogP contribution >= 0.6 is 0 Å². The number of nitrogens with one attached hydrogen (secondary N) is 1. The van der Waals surface area contributed by atoms with Gasteiger partial charge in [0.15, 0.2) is 5.82 Å². The van der Waals surface area contributed by atoms with Gasteiger partial charge in [-0.3, -0.25) is 4.79 Å². The van der Waals surface area contributed by atoms with Gasteiger partial charge in [0, 0.05) is 12.5 Å². The summed E-state index contributed by atoms with van der Waals surface area (Å²) in [4.78, 5) is 10.9. The van der Waals surface area contributed by atoms with Gasteiger partial charge in [-0.15, -0.1) is 0 Å². The van der Waals surface area contributed by atoms with Gasteiger partial charge in [0.25, 0.3) is 0 Å². The van der Waals surface area contributed by atoms with E-state index in [0.29, 0.717) is 11.1 Å². The summed E-state index contributed by atoms with van der Waals surface area (Å²) in [6.45, 7) is 1.31. The fourth-order valence-corrected chi connectivity index (χ4v) is 1.67. The van der Waals surface area contributed by atoms with E-state index in [1.807, 2.05) is 0 Å². The molecule has 0 aliphatic carbocycles. The first kappa shape index (κ1) is 12.2. The van der Waals surface area contributed by atoms with Crippen LogP contribution in [-0.4, -0.2) is 5.91 Å². The summed E-state index contributed by atoms with van der Waals surface area (Å²) in [5.74, 6) is -1.25. The topological polar surface area (TPSA) is 29.1 Å². The third-order valence-corrected chi connectivity index (χ3v) is 2.46. The molecule has 0 heterocycles. The Morgan fingerprint density at radius 3 is 2.33 bits per heavy atom. The molecule has 2 rings (SSSR count). The lowest BCUT2D eigenvalue weighted by molar-refractivity contribution is -0.114. The van der Waals surface area contributed by atoms with Crippen molar-refractivity contribution in [1.29, 1.82) is 0 Å². The zero-order valence-corrected chi connectivity index (χ0v) is 9.71. The third kappa shape index (κ3) is 2.53. The first-order valence-corrected chi connectivity index (χ1v) is 5.40. The van der Waals surface area contributed by atoms with Crippen molar-refractivity contribution in [3.05, 3.63) is 54.1 Å². The number of carbonyl (C=O) groups excluding carboxylic acids is 1. The zero-order chi connectivity index (χ0) is 13.1.